The standard InChI is InChI=1S/C16H17N5O2S/c1-2-10-11(5-17)13(19-14(24)12(10)6-18)20-4-3-16(7-20)8-21(9-16)15(22)23/h2-4,7-9H2,1H3,(H,19,24)(H,22,23). The zero-order chi connectivity index (χ0) is 17.5. The van der Waals surface area contributed by atoms with Crippen LogP contribution in [-0.2, 0) is 6.42 Å². The van der Waals surface area contributed by atoms with Gasteiger partial charge in [0.1, 0.15) is 23.0 Å². The molecule has 0 radical (unpaired) electrons. The van der Waals surface area contributed by atoms with Crippen molar-refractivity contribution in [2.24, 2.45) is 5.41 Å². The summed E-state index contributed by atoms with van der Waals surface area (Å²) < 4.78 is 0. The minimum absolute atomic E-state index is 0.0518. The van der Waals surface area contributed by atoms with E-state index in [1.807, 2.05) is 11.8 Å². The molecular formula is C16H17N5O2S. The summed E-state index contributed by atoms with van der Waals surface area (Å²) in [6.07, 6.45) is 0.534. The highest BCUT2D eigenvalue weighted by Crippen LogP contribution is 2.42. The molecule has 1 N–H and O–H groups in total. The molecule has 0 unspecified atom stereocenters. The van der Waals surface area contributed by atoms with E-state index < -0.39 is 6.09 Å². The molecule has 0 atom stereocenters. The maximum atomic E-state index is 11.0. The van der Waals surface area contributed by atoms with Crippen LogP contribution in [0.1, 0.15) is 30.0 Å². The topological polar surface area (TPSA) is 104 Å². The van der Waals surface area contributed by atoms with Gasteiger partial charge < -0.3 is 14.9 Å². The van der Waals surface area contributed by atoms with E-state index in [-0.39, 0.29) is 5.41 Å². The van der Waals surface area contributed by atoms with Gasteiger partial charge in [0.15, 0.2) is 0 Å². The van der Waals surface area contributed by atoms with Gasteiger partial charge in [-0.15, -0.1) is 12.6 Å². The Balaban J connectivity index is 1.92. The number of nitrogens with zero attached hydrogens (tertiary/aromatic N) is 5. The molecule has 0 bridgehead atoms. The monoisotopic (exact) mass is 343 g/mol. The number of carboxylic acid groups (broad SMARTS) is 1. The van der Waals surface area contributed by atoms with Crippen LogP contribution in [0.2, 0.25) is 0 Å². The zero-order valence-electron chi connectivity index (χ0n) is 13.3. The van der Waals surface area contributed by atoms with Gasteiger partial charge in [-0.05, 0) is 18.4 Å². The molecule has 1 aromatic heterocycles. The summed E-state index contributed by atoms with van der Waals surface area (Å²) in [6, 6.07) is 4.27. The van der Waals surface area contributed by atoms with Crippen LogP contribution in [0, 0.1) is 28.1 Å². The van der Waals surface area contributed by atoms with Crippen molar-refractivity contribution in [2.45, 2.75) is 24.8 Å². The molecule has 2 aliphatic rings. The van der Waals surface area contributed by atoms with Crippen molar-refractivity contribution in [3.8, 4) is 12.1 Å². The summed E-state index contributed by atoms with van der Waals surface area (Å²) >= 11 is 4.32. The largest absolute Gasteiger partial charge is 0.465 e. The Morgan fingerprint density at radius 1 is 1.33 bits per heavy atom. The molecule has 24 heavy (non-hydrogen) atoms. The summed E-state index contributed by atoms with van der Waals surface area (Å²) in [4.78, 5) is 18.8. The number of anilines is 1. The Morgan fingerprint density at radius 2 is 2.00 bits per heavy atom. The van der Waals surface area contributed by atoms with Crippen LogP contribution in [0.25, 0.3) is 0 Å². The van der Waals surface area contributed by atoms with Crippen LogP contribution in [0.15, 0.2) is 5.03 Å². The SMILES string of the molecule is CCc1c(C#N)c(S)nc(N2CCC3(CN(C(=O)O)C3)C2)c1C#N. The number of hydrogen-bond acceptors (Lipinski definition) is 6. The smallest absolute Gasteiger partial charge is 0.407 e. The normalized spacial score (nSPS) is 18.2. The molecule has 0 saturated carbocycles. The maximum Gasteiger partial charge on any atom is 0.407 e. The van der Waals surface area contributed by atoms with Crippen LogP contribution in [-0.4, -0.2) is 47.3 Å². The van der Waals surface area contributed by atoms with E-state index in [1.165, 1.54) is 4.90 Å². The average molecular weight is 343 g/mol. The van der Waals surface area contributed by atoms with Crippen LogP contribution in [0.4, 0.5) is 10.6 Å². The Labute approximate surface area is 145 Å². The molecule has 7 nitrogen and oxygen atoms in total. The number of hydrogen-bond donors (Lipinski definition) is 2. The van der Waals surface area contributed by atoms with Crippen molar-refractivity contribution in [3.63, 3.8) is 0 Å². The molecule has 1 amide bonds. The van der Waals surface area contributed by atoms with Crippen LogP contribution >= 0.6 is 12.6 Å². The lowest BCUT2D eigenvalue weighted by atomic mass is 9.79. The van der Waals surface area contributed by atoms with E-state index in [2.05, 4.69) is 29.8 Å². The lowest BCUT2D eigenvalue weighted by Gasteiger charge is -2.46. The van der Waals surface area contributed by atoms with Crippen LogP contribution < -0.4 is 4.90 Å². The highest BCUT2D eigenvalue weighted by Gasteiger charge is 2.50. The molecule has 1 spiro atoms. The summed E-state index contributed by atoms with van der Waals surface area (Å²) in [5.74, 6) is 0.559. The summed E-state index contributed by atoms with van der Waals surface area (Å²) in [5, 5.41) is 28.2. The molecule has 2 aliphatic heterocycles. The molecule has 2 saturated heterocycles. The van der Waals surface area contributed by atoms with Crippen LogP contribution in [0.5, 0.6) is 0 Å². The second-order valence-electron chi connectivity index (χ2n) is 6.37. The van der Waals surface area contributed by atoms with Crippen molar-refractivity contribution in [1.82, 2.24) is 9.88 Å². The molecule has 2 fully saturated rings. The molecule has 0 aromatic carbocycles. The number of aromatic nitrogens is 1. The van der Waals surface area contributed by atoms with Crippen molar-refractivity contribution in [3.05, 3.63) is 16.7 Å². The first kappa shape index (κ1) is 16.4. The van der Waals surface area contributed by atoms with Gasteiger partial charge in [-0.25, -0.2) is 9.78 Å². The first-order valence-electron chi connectivity index (χ1n) is 7.73. The molecule has 8 heteroatoms. The second-order valence-corrected chi connectivity index (χ2v) is 6.80. The van der Waals surface area contributed by atoms with E-state index in [1.54, 1.807) is 0 Å². The van der Waals surface area contributed by atoms with E-state index in [4.69, 9.17) is 5.11 Å². The third-order valence-electron chi connectivity index (χ3n) is 4.90. The number of carbonyl (C=O) groups is 1. The Hall–Kier alpha value is -2.45. The third kappa shape index (κ3) is 2.44. The predicted octanol–water partition coefficient (Wildman–Crippen LogP) is 1.87. The third-order valence-corrected chi connectivity index (χ3v) is 5.22. The van der Waals surface area contributed by atoms with E-state index >= 15 is 0 Å². The van der Waals surface area contributed by atoms with Gasteiger partial charge in [0, 0.05) is 31.6 Å². The van der Waals surface area contributed by atoms with Gasteiger partial charge in [-0.2, -0.15) is 10.5 Å². The highest BCUT2D eigenvalue weighted by molar-refractivity contribution is 7.80. The minimum atomic E-state index is -0.890. The van der Waals surface area contributed by atoms with E-state index in [0.29, 0.717) is 53.6 Å². The van der Waals surface area contributed by atoms with E-state index in [9.17, 15) is 15.3 Å². The van der Waals surface area contributed by atoms with Crippen molar-refractivity contribution in [1.29, 1.82) is 10.5 Å². The van der Waals surface area contributed by atoms with Crippen molar-refractivity contribution >= 4 is 24.5 Å². The van der Waals surface area contributed by atoms with E-state index in [0.717, 1.165) is 13.0 Å². The number of nitriles is 2. The number of thiol groups is 1. The Morgan fingerprint density at radius 3 is 2.54 bits per heavy atom. The Kier molecular flexibility index (Phi) is 4.02. The van der Waals surface area contributed by atoms with Gasteiger partial charge in [0.25, 0.3) is 0 Å². The fraction of sp³-hybridized carbons (Fsp3) is 0.500. The highest BCUT2D eigenvalue weighted by atomic mass is 32.1. The summed E-state index contributed by atoms with van der Waals surface area (Å²) in [6.45, 7) is 4.32. The molecule has 3 rings (SSSR count). The van der Waals surface area contributed by atoms with Gasteiger partial charge in [0.05, 0.1) is 11.1 Å². The molecule has 1 aromatic rings. The van der Waals surface area contributed by atoms with Gasteiger partial charge >= 0.3 is 6.09 Å². The predicted molar refractivity (Wildman–Crippen MR) is 89.2 cm³/mol. The van der Waals surface area contributed by atoms with Gasteiger partial charge in [0.2, 0.25) is 0 Å². The lowest BCUT2D eigenvalue weighted by molar-refractivity contribution is 0.0251. The first-order chi connectivity index (χ1) is 11.4. The van der Waals surface area contributed by atoms with Crippen molar-refractivity contribution in [2.75, 3.05) is 31.1 Å². The number of likely N-dealkylation sites (tertiary alicyclic amines) is 1. The molecule has 3 heterocycles. The zero-order valence-corrected chi connectivity index (χ0v) is 14.2. The fourth-order valence-electron chi connectivity index (χ4n) is 3.70. The quantitative estimate of drug-likeness (QED) is 0.794. The number of rotatable bonds is 2. The number of pyridine rings is 1. The van der Waals surface area contributed by atoms with Gasteiger partial charge in [-0.3, -0.25) is 0 Å². The average Bonchev–Trinajstić information content (AvgIpc) is 2.97. The summed E-state index contributed by atoms with van der Waals surface area (Å²) in [7, 11) is 0. The van der Waals surface area contributed by atoms with Crippen LogP contribution in [0.3, 0.4) is 0 Å². The second kappa shape index (κ2) is 5.88. The minimum Gasteiger partial charge on any atom is -0.465 e. The van der Waals surface area contributed by atoms with Crippen molar-refractivity contribution < 1.29 is 9.90 Å². The molecule has 124 valence electrons. The molecule has 0 aliphatic carbocycles. The Bertz CT molecular complexity index is 789. The van der Waals surface area contributed by atoms with Gasteiger partial charge in [-0.1, -0.05) is 6.92 Å². The first-order valence-corrected chi connectivity index (χ1v) is 8.18. The lowest BCUT2D eigenvalue weighted by Crippen LogP contribution is -2.59. The summed E-state index contributed by atoms with van der Waals surface area (Å²) in [5.41, 5.74) is 1.41. The number of amides is 1. The molecular weight excluding hydrogens is 326 g/mol. The fourth-order valence-corrected chi connectivity index (χ4v) is 3.98. The maximum absolute atomic E-state index is 11.0.